The summed E-state index contributed by atoms with van der Waals surface area (Å²) in [5.74, 6) is -0.0246. The summed E-state index contributed by atoms with van der Waals surface area (Å²) in [6, 6.07) is 17.9. The molecule has 0 spiro atoms. The topological polar surface area (TPSA) is 71.3 Å². The SMILES string of the molecule is CN(C)CCCNC(=O)c1nnc(-c2ccc(-c3ccccc3)cc2)o1. The van der Waals surface area contributed by atoms with Gasteiger partial charge in [0.25, 0.3) is 0 Å². The van der Waals surface area contributed by atoms with E-state index in [4.69, 9.17) is 4.42 Å². The Balaban J connectivity index is 1.63. The fraction of sp³-hybridized carbons (Fsp3) is 0.250. The summed E-state index contributed by atoms with van der Waals surface area (Å²) >= 11 is 0. The van der Waals surface area contributed by atoms with Gasteiger partial charge < -0.3 is 14.6 Å². The number of nitrogens with zero attached hydrogens (tertiary/aromatic N) is 3. The minimum absolute atomic E-state index is 0.0167. The second-order valence-corrected chi connectivity index (χ2v) is 6.27. The Morgan fingerprint density at radius 1 is 0.962 bits per heavy atom. The van der Waals surface area contributed by atoms with Gasteiger partial charge in [-0.3, -0.25) is 4.79 Å². The lowest BCUT2D eigenvalue weighted by Gasteiger charge is -2.08. The summed E-state index contributed by atoms with van der Waals surface area (Å²) in [4.78, 5) is 14.1. The normalized spacial score (nSPS) is 10.9. The number of hydrogen-bond acceptors (Lipinski definition) is 5. The first-order valence-corrected chi connectivity index (χ1v) is 8.56. The molecule has 0 unspecified atom stereocenters. The lowest BCUT2D eigenvalue weighted by Crippen LogP contribution is -2.27. The fourth-order valence-corrected chi connectivity index (χ4v) is 2.54. The molecule has 6 nitrogen and oxygen atoms in total. The van der Waals surface area contributed by atoms with Gasteiger partial charge in [-0.05, 0) is 50.3 Å². The van der Waals surface area contributed by atoms with Crippen molar-refractivity contribution < 1.29 is 9.21 Å². The number of nitrogens with one attached hydrogen (secondary N) is 1. The van der Waals surface area contributed by atoms with Gasteiger partial charge in [-0.1, -0.05) is 42.5 Å². The molecule has 0 fully saturated rings. The molecule has 1 amide bonds. The first kappa shape index (κ1) is 17.8. The second-order valence-electron chi connectivity index (χ2n) is 6.27. The highest BCUT2D eigenvalue weighted by atomic mass is 16.4. The van der Waals surface area contributed by atoms with Gasteiger partial charge in [0, 0.05) is 12.1 Å². The molecule has 0 saturated heterocycles. The maximum absolute atomic E-state index is 12.1. The average Bonchev–Trinajstić information content (AvgIpc) is 3.16. The van der Waals surface area contributed by atoms with Gasteiger partial charge in [-0.2, -0.15) is 0 Å². The quantitative estimate of drug-likeness (QED) is 0.663. The first-order valence-electron chi connectivity index (χ1n) is 8.56. The van der Waals surface area contributed by atoms with Crippen molar-refractivity contribution >= 4 is 5.91 Å². The zero-order valence-electron chi connectivity index (χ0n) is 15.0. The van der Waals surface area contributed by atoms with Gasteiger partial charge in [-0.15, -0.1) is 10.2 Å². The van der Waals surface area contributed by atoms with Crippen LogP contribution >= 0.6 is 0 Å². The van der Waals surface area contributed by atoms with Crippen LogP contribution in [0, 0.1) is 0 Å². The van der Waals surface area contributed by atoms with Crippen LogP contribution in [0.3, 0.4) is 0 Å². The second kappa shape index (κ2) is 8.40. The molecule has 1 heterocycles. The smallest absolute Gasteiger partial charge is 0.308 e. The zero-order valence-corrected chi connectivity index (χ0v) is 15.0. The summed E-state index contributed by atoms with van der Waals surface area (Å²) < 4.78 is 5.51. The van der Waals surface area contributed by atoms with Crippen LogP contribution in [0.15, 0.2) is 59.0 Å². The van der Waals surface area contributed by atoms with E-state index in [2.05, 4.69) is 32.5 Å². The standard InChI is InChI=1S/C20H22N4O2/c1-24(2)14-6-13-21-18(25)20-23-22-19(26-20)17-11-9-16(10-12-17)15-7-4-3-5-8-15/h3-5,7-12H,6,13-14H2,1-2H3,(H,21,25). The van der Waals surface area contributed by atoms with Crippen molar-refractivity contribution in [1.82, 2.24) is 20.4 Å². The monoisotopic (exact) mass is 350 g/mol. The number of benzene rings is 2. The molecule has 0 atom stereocenters. The summed E-state index contributed by atoms with van der Waals surface area (Å²) in [6.07, 6.45) is 0.862. The number of amides is 1. The molecule has 26 heavy (non-hydrogen) atoms. The first-order chi connectivity index (χ1) is 12.6. The molecule has 0 aliphatic heterocycles. The van der Waals surface area contributed by atoms with E-state index in [9.17, 15) is 4.79 Å². The van der Waals surface area contributed by atoms with Crippen molar-refractivity contribution in [3.63, 3.8) is 0 Å². The number of carbonyl (C=O) groups excluding carboxylic acids is 1. The lowest BCUT2D eigenvalue weighted by molar-refractivity contribution is 0.0918. The molecule has 1 N–H and O–H groups in total. The predicted molar refractivity (Wildman–Crippen MR) is 101 cm³/mol. The van der Waals surface area contributed by atoms with E-state index in [0.29, 0.717) is 12.4 Å². The molecule has 3 aromatic rings. The molecule has 0 aliphatic rings. The molecule has 6 heteroatoms. The summed E-state index contributed by atoms with van der Waals surface area (Å²) in [5, 5.41) is 10.6. The fourth-order valence-electron chi connectivity index (χ4n) is 2.54. The van der Waals surface area contributed by atoms with Crippen LogP contribution in [0.5, 0.6) is 0 Å². The molecule has 3 rings (SSSR count). The molecule has 0 aliphatic carbocycles. The van der Waals surface area contributed by atoms with Gasteiger partial charge in [0.1, 0.15) is 0 Å². The number of rotatable bonds is 7. The Morgan fingerprint density at radius 2 is 1.62 bits per heavy atom. The van der Waals surface area contributed by atoms with Crippen molar-refractivity contribution in [3.05, 3.63) is 60.5 Å². The summed E-state index contributed by atoms with van der Waals surface area (Å²) in [7, 11) is 3.99. The average molecular weight is 350 g/mol. The van der Waals surface area contributed by atoms with Crippen molar-refractivity contribution in [2.24, 2.45) is 0 Å². The minimum atomic E-state index is -0.344. The highest BCUT2D eigenvalue weighted by Crippen LogP contribution is 2.23. The van der Waals surface area contributed by atoms with E-state index in [0.717, 1.165) is 29.7 Å². The van der Waals surface area contributed by atoms with E-state index in [-0.39, 0.29) is 11.8 Å². The zero-order chi connectivity index (χ0) is 18.4. The molecule has 0 radical (unpaired) electrons. The van der Waals surface area contributed by atoms with Crippen LogP contribution in [0.1, 0.15) is 17.1 Å². The molecular weight excluding hydrogens is 328 g/mol. The molecule has 2 aromatic carbocycles. The third-order valence-electron chi connectivity index (χ3n) is 3.93. The van der Waals surface area contributed by atoms with Crippen molar-refractivity contribution in [2.75, 3.05) is 27.2 Å². The van der Waals surface area contributed by atoms with E-state index < -0.39 is 0 Å². The molecule has 0 bridgehead atoms. The third-order valence-corrected chi connectivity index (χ3v) is 3.93. The Hall–Kier alpha value is -2.99. The highest BCUT2D eigenvalue weighted by Gasteiger charge is 2.15. The van der Waals surface area contributed by atoms with Gasteiger partial charge >= 0.3 is 11.8 Å². The van der Waals surface area contributed by atoms with Crippen molar-refractivity contribution in [1.29, 1.82) is 0 Å². The molecule has 0 saturated carbocycles. The third kappa shape index (κ3) is 4.55. The van der Waals surface area contributed by atoms with Crippen molar-refractivity contribution in [2.45, 2.75) is 6.42 Å². The Labute approximate surface area is 152 Å². The van der Waals surface area contributed by atoms with Gasteiger partial charge in [0.05, 0.1) is 0 Å². The molecular formula is C20H22N4O2. The van der Waals surface area contributed by atoms with E-state index in [1.165, 1.54) is 0 Å². The van der Waals surface area contributed by atoms with Crippen LogP contribution in [-0.2, 0) is 0 Å². The van der Waals surface area contributed by atoms with Gasteiger partial charge in [-0.25, -0.2) is 0 Å². The van der Waals surface area contributed by atoms with Crippen LogP contribution in [-0.4, -0.2) is 48.2 Å². The van der Waals surface area contributed by atoms with Crippen LogP contribution in [0.2, 0.25) is 0 Å². The maximum Gasteiger partial charge on any atom is 0.308 e. The number of hydrogen-bond donors (Lipinski definition) is 1. The van der Waals surface area contributed by atoms with Crippen LogP contribution < -0.4 is 5.32 Å². The van der Waals surface area contributed by atoms with Gasteiger partial charge in [0.15, 0.2) is 0 Å². The van der Waals surface area contributed by atoms with Crippen molar-refractivity contribution in [3.8, 4) is 22.6 Å². The number of aromatic nitrogens is 2. The number of carbonyl (C=O) groups is 1. The lowest BCUT2D eigenvalue weighted by atomic mass is 10.0. The summed E-state index contributed by atoms with van der Waals surface area (Å²) in [6.45, 7) is 1.48. The Bertz CT molecular complexity index is 842. The molecule has 134 valence electrons. The Kier molecular flexibility index (Phi) is 5.76. The molecule has 1 aromatic heterocycles. The van der Waals surface area contributed by atoms with Crippen LogP contribution in [0.4, 0.5) is 0 Å². The summed E-state index contributed by atoms with van der Waals surface area (Å²) in [5.41, 5.74) is 3.03. The minimum Gasteiger partial charge on any atom is -0.412 e. The highest BCUT2D eigenvalue weighted by molar-refractivity contribution is 5.89. The van der Waals surface area contributed by atoms with Gasteiger partial charge in [0.2, 0.25) is 5.89 Å². The Morgan fingerprint density at radius 3 is 2.31 bits per heavy atom. The van der Waals surface area contributed by atoms with E-state index in [1.807, 2.05) is 56.6 Å². The van der Waals surface area contributed by atoms with Crippen LogP contribution in [0.25, 0.3) is 22.6 Å². The van der Waals surface area contributed by atoms with E-state index in [1.54, 1.807) is 0 Å². The van der Waals surface area contributed by atoms with E-state index >= 15 is 0 Å². The maximum atomic E-state index is 12.1. The largest absolute Gasteiger partial charge is 0.412 e. The predicted octanol–water partition coefficient (Wildman–Crippen LogP) is 3.09.